The number of pyridine rings is 2. The molecule has 0 fully saturated rings. The van der Waals surface area contributed by atoms with Crippen molar-refractivity contribution in [3.63, 3.8) is 0 Å². The Balaban J connectivity index is 0.000000129. The van der Waals surface area contributed by atoms with Crippen LogP contribution in [0.2, 0.25) is 0 Å². The van der Waals surface area contributed by atoms with Crippen molar-refractivity contribution >= 4 is 87.5 Å². The van der Waals surface area contributed by atoms with Crippen molar-refractivity contribution in [1.82, 2.24) is 29.1 Å². The molecule has 6 aromatic carbocycles. The minimum Gasteiger partial charge on any atom is -0.655 e. The Hall–Kier alpha value is -6.56. The molecule has 12 aromatic rings. The van der Waals surface area contributed by atoms with Crippen LogP contribution in [-0.2, 0) is 19.5 Å². The fourth-order valence-electron chi connectivity index (χ4n) is 8.01. The van der Waals surface area contributed by atoms with Crippen LogP contribution in [0.5, 0.6) is 0 Å². The largest absolute Gasteiger partial charge is 2.00 e. The van der Waals surface area contributed by atoms with E-state index >= 15 is 0 Å². The Morgan fingerprint density at radius 1 is 0.340 bits per heavy atom. The molecule has 7 heteroatoms. The Bertz CT molecular complexity index is 3000. The number of rotatable bonds is 2. The van der Waals surface area contributed by atoms with Crippen LogP contribution in [0.3, 0.4) is 0 Å². The number of benzene rings is 6. The second kappa shape index (κ2) is 12.3. The normalized spacial score (nSPS) is 11.6. The predicted octanol–water partition coefficient (Wildman–Crippen LogP) is 10.9. The van der Waals surface area contributed by atoms with Gasteiger partial charge in [-0.1, -0.05) is 109 Å². The summed E-state index contributed by atoms with van der Waals surface area (Å²) in [6, 6.07) is 54.6. The average molecular weight is 730 g/mol. The van der Waals surface area contributed by atoms with Gasteiger partial charge in [-0.25, -0.2) is 9.97 Å². The molecule has 53 heavy (non-hydrogen) atoms. The number of hydrogen-bond donors (Lipinski definition) is 0. The van der Waals surface area contributed by atoms with Crippen LogP contribution in [0.4, 0.5) is 0 Å². The van der Waals surface area contributed by atoms with Crippen molar-refractivity contribution < 1.29 is 19.5 Å². The van der Waals surface area contributed by atoms with E-state index < -0.39 is 0 Å². The van der Waals surface area contributed by atoms with Gasteiger partial charge in [-0.3, -0.25) is 9.13 Å². The molecule has 0 unspecified atom stereocenters. The first-order valence-corrected chi connectivity index (χ1v) is 17.4. The topological polar surface area (TPSA) is 63.8 Å². The number of para-hydroxylation sites is 6. The molecular weight excluding hydrogens is 702 g/mol. The maximum Gasteiger partial charge on any atom is 2.00 e. The molecule has 6 nitrogen and oxygen atoms in total. The number of aromatic nitrogens is 6. The Labute approximate surface area is 316 Å². The molecule has 0 spiro atoms. The van der Waals surface area contributed by atoms with Crippen molar-refractivity contribution in [2.45, 2.75) is 0 Å². The van der Waals surface area contributed by atoms with Gasteiger partial charge >= 0.3 is 19.5 Å². The maximum absolute atomic E-state index is 4.94. The molecule has 0 radical (unpaired) electrons. The molecular formula is C46H28N6Zn. The number of fused-ring (bicyclic) bond motifs is 12. The van der Waals surface area contributed by atoms with E-state index in [1.54, 1.807) is 0 Å². The quantitative estimate of drug-likeness (QED) is 0.166. The van der Waals surface area contributed by atoms with Gasteiger partial charge in [-0.2, -0.15) is 0 Å². The summed E-state index contributed by atoms with van der Waals surface area (Å²) in [5, 5.41) is 9.50. The van der Waals surface area contributed by atoms with Gasteiger partial charge in [0.2, 0.25) is 0 Å². The molecule has 0 aliphatic heterocycles. The SMILES string of the molecule is [Zn+2].c1ccc2c(c1)[n-]c1c(-n3c4ccccc4c4cccnc43)cccc12.c1ccc2c(c1)[n-]c1c(-n3c4ccccc4c4cccnc43)cccc12. The molecule has 6 heterocycles. The Morgan fingerprint density at radius 3 is 1.19 bits per heavy atom. The minimum atomic E-state index is 0. The van der Waals surface area contributed by atoms with E-state index in [4.69, 9.17) is 19.9 Å². The van der Waals surface area contributed by atoms with Crippen molar-refractivity contribution in [1.29, 1.82) is 0 Å². The molecule has 244 valence electrons. The molecule has 6 aromatic heterocycles. The zero-order valence-corrected chi connectivity index (χ0v) is 31.5. The second-order valence-electron chi connectivity index (χ2n) is 13.1. The van der Waals surface area contributed by atoms with E-state index in [1.165, 1.54) is 32.3 Å². The fourth-order valence-corrected chi connectivity index (χ4v) is 8.01. The first-order chi connectivity index (χ1) is 25.8. The van der Waals surface area contributed by atoms with Crippen LogP contribution < -0.4 is 9.97 Å². The summed E-state index contributed by atoms with van der Waals surface area (Å²) in [6.45, 7) is 0. The molecule has 12 rings (SSSR count). The molecule has 0 saturated heterocycles. The van der Waals surface area contributed by atoms with Gasteiger partial charge in [-0.05, 0) is 70.1 Å². The van der Waals surface area contributed by atoms with Gasteiger partial charge < -0.3 is 9.97 Å². The van der Waals surface area contributed by atoms with Gasteiger partial charge in [0.05, 0.1) is 11.0 Å². The minimum absolute atomic E-state index is 0. The van der Waals surface area contributed by atoms with E-state index in [0.717, 1.165) is 66.5 Å². The monoisotopic (exact) mass is 728 g/mol. The molecule has 0 saturated carbocycles. The van der Waals surface area contributed by atoms with Crippen LogP contribution in [0.15, 0.2) is 170 Å². The third-order valence-electron chi connectivity index (χ3n) is 10.2. The zero-order valence-electron chi connectivity index (χ0n) is 28.6. The van der Waals surface area contributed by atoms with Gasteiger partial charge in [0.15, 0.2) is 0 Å². The molecule has 0 aliphatic carbocycles. The summed E-state index contributed by atoms with van der Waals surface area (Å²) < 4.78 is 4.47. The van der Waals surface area contributed by atoms with E-state index in [9.17, 15) is 0 Å². The number of hydrogen-bond acceptors (Lipinski definition) is 2. The predicted molar refractivity (Wildman–Crippen MR) is 214 cm³/mol. The fraction of sp³-hybridized carbons (Fsp3) is 0. The van der Waals surface area contributed by atoms with Crippen LogP contribution in [-0.4, -0.2) is 19.1 Å². The zero-order chi connectivity index (χ0) is 34.2. The smallest absolute Gasteiger partial charge is 0.655 e. The summed E-state index contributed by atoms with van der Waals surface area (Å²) in [5.41, 5.74) is 10.5. The summed E-state index contributed by atoms with van der Waals surface area (Å²) in [4.78, 5) is 19.3. The van der Waals surface area contributed by atoms with E-state index in [1.807, 2.05) is 36.7 Å². The van der Waals surface area contributed by atoms with Gasteiger partial charge in [0.25, 0.3) is 0 Å². The molecule has 0 bridgehead atoms. The maximum atomic E-state index is 4.94. The van der Waals surface area contributed by atoms with E-state index in [2.05, 4.69) is 143 Å². The summed E-state index contributed by atoms with van der Waals surface area (Å²) in [6.07, 6.45) is 3.71. The average Bonchev–Trinajstić information content (AvgIpc) is 3.96. The van der Waals surface area contributed by atoms with Crippen molar-refractivity contribution in [3.05, 3.63) is 170 Å². The van der Waals surface area contributed by atoms with Crippen LogP contribution in [0, 0.1) is 0 Å². The van der Waals surface area contributed by atoms with Gasteiger partial charge in [0, 0.05) is 45.3 Å². The van der Waals surface area contributed by atoms with E-state index in [0.29, 0.717) is 0 Å². The van der Waals surface area contributed by atoms with Crippen molar-refractivity contribution in [2.24, 2.45) is 0 Å². The molecule has 0 aliphatic rings. The third kappa shape index (κ3) is 4.68. The first-order valence-electron chi connectivity index (χ1n) is 17.4. The van der Waals surface area contributed by atoms with E-state index in [-0.39, 0.29) is 19.5 Å². The standard InChI is InChI=1S/2C23H14N3.Zn/c2*1-3-11-19-15(7-1)17-9-5-13-21(22(17)25-19)26-20-12-4-2-8-16(20)18-10-6-14-24-23(18)26;/h2*1-14H;/q2*-1;+2. The summed E-state index contributed by atoms with van der Waals surface area (Å²) in [5.74, 6) is 0. The first kappa shape index (κ1) is 31.2. The second-order valence-corrected chi connectivity index (χ2v) is 13.1. The van der Waals surface area contributed by atoms with Gasteiger partial charge in [-0.15, -0.1) is 22.1 Å². The van der Waals surface area contributed by atoms with Crippen LogP contribution in [0.25, 0.3) is 98.9 Å². The van der Waals surface area contributed by atoms with Crippen LogP contribution >= 0.6 is 0 Å². The van der Waals surface area contributed by atoms with Gasteiger partial charge in [0.1, 0.15) is 11.3 Å². The van der Waals surface area contributed by atoms with Crippen molar-refractivity contribution in [2.75, 3.05) is 0 Å². The molecule has 0 N–H and O–H groups in total. The van der Waals surface area contributed by atoms with Crippen LogP contribution in [0.1, 0.15) is 0 Å². The molecule has 0 amide bonds. The Kier molecular flexibility index (Phi) is 7.24. The Morgan fingerprint density at radius 2 is 0.717 bits per heavy atom. The summed E-state index contributed by atoms with van der Waals surface area (Å²) >= 11 is 0. The van der Waals surface area contributed by atoms with Crippen molar-refractivity contribution in [3.8, 4) is 11.4 Å². The summed E-state index contributed by atoms with van der Waals surface area (Å²) in [7, 11) is 0. The molecule has 0 atom stereocenters. The third-order valence-corrected chi connectivity index (χ3v) is 10.2. The number of nitrogens with zero attached hydrogens (tertiary/aromatic N) is 6.